The quantitative estimate of drug-likeness (QED) is 0.534. The number of hydrogen-bond donors (Lipinski definition) is 3. The summed E-state index contributed by atoms with van der Waals surface area (Å²) in [6, 6.07) is 4.82. The predicted molar refractivity (Wildman–Crippen MR) is 113 cm³/mol. The van der Waals surface area contributed by atoms with Crippen LogP contribution in [0.4, 0.5) is 13.2 Å². The van der Waals surface area contributed by atoms with E-state index in [1.807, 2.05) is 0 Å². The van der Waals surface area contributed by atoms with Crippen molar-refractivity contribution >= 4 is 28.7 Å². The number of fused-ring (bicyclic) bond motifs is 1. The molecule has 3 aromatic rings. The first-order chi connectivity index (χ1) is 15.3. The lowest BCUT2D eigenvalue weighted by Crippen LogP contribution is -2.50. The molecule has 0 bridgehead atoms. The zero-order valence-corrected chi connectivity index (χ0v) is 18.2. The Hall–Kier alpha value is -3.82. The van der Waals surface area contributed by atoms with E-state index in [-0.39, 0.29) is 27.7 Å². The zero-order chi connectivity index (χ0) is 24.8. The Balaban J connectivity index is 2.22. The van der Waals surface area contributed by atoms with Gasteiger partial charge >= 0.3 is 5.97 Å². The van der Waals surface area contributed by atoms with Gasteiger partial charge in [0.15, 0.2) is 23.2 Å². The molecule has 174 valence electrons. The summed E-state index contributed by atoms with van der Waals surface area (Å²) < 4.78 is 43.1. The summed E-state index contributed by atoms with van der Waals surface area (Å²) in [4.78, 5) is 37.4. The van der Waals surface area contributed by atoms with E-state index in [1.165, 1.54) is 33.8 Å². The predicted octanol–water partition coefficient (Wildman–Crippen LogP) is 3.84. The van der Waals surface area contributed by atoms with Gasteiger partial charge in [0.2, 0.25) is 5.91 Å². The van der Waals surface area contributed by atoms with Crippen molar-refractivity contribution in [3.05, 3.63) is 64.6 Å². The van der Waals surface area contributed by atoms with Crippen LogP contribution in [0.3, 0.4) is 0 Å². The standard InChI is InChI=1S/C23H21F3N2O5/c1-10(20(30)27-23(3,4)22(32)33)17-11(2)28(15-7-8-16(29)19(26)18(15)17)21(31)12-5-6-13(24)14(25)9-12/h5-10,29H,1-4H3,(H,27,30)(H,32,33)/t10-/m1/s1. The number of carboxylic acid groups (broad SMARTS) is 1. The number of nitrogens with zero attached hydrogens (tertiary/aromatic N) is 1. The van der Waals surface area contributed by atoms with Crippen LogP contribution < -0.4 is 5.32 Å². The van der Waals surface area contributed by atoms with Gasteiger partial charge in [0, 0.05) is 16.6 Å². The van der Waals surface area contributed by atoms with Crippen molar-refractivity contribution in [2.24, 2.45) is 0 Å². The highest BCUT2D eigenvalue weighted by Gasteiger charge is 2.34. The van der Waals surface area contributed by atoms with Gasteiger partial charge in [0.05, 0.1) is 11.4 Å². The fraction of sp³-hybridized carbons (Fsp3) is 0.261. The van der Waals surface area contributed by atoms with E-state index < -0.39 is 52.4 Å². The molecule has 0 aliphatic heterocycles. The molecular weight excluding hydrogens is 441 g/mol. The number of rotatable bonds is 5. The number of carbonyl (C=O) groups is 3. The van der Waals surface area contributed by atoms with Gasteiger partial charge < -0.3 is 15.5 Å². The molecule has 0 radical (unpaired) electrons. The molecule has 1 atom stereocenters. The van der Waals surface area contributed by atoms with Gasteiger partial charge in [-0.05, 0) is 63.6 Å². The number of aliphatic carboxylic acids is 1. The maximum Gasteiger partial charge on any atom is 0.328 e. The molecule has 3 rings (SSSR count). The van der Waals surface area contributed by atoms with Crippen LogP contribution in [0.1, 0.15) is 48.3 Å². The molecule has 1 heterocycles. The molecule has 10 heteroatoms. The van der Waals surface area contributed by atoms with E-state index >= 15 is 4.39 Å². The molecule has 3 N–H and O–H groups in total. The van der Waals surface area contributed by atoms with Crippen molar-refractivity contribution in [3.8, 4) is 5.75 Å². The first kappa shape index (κ1) is 23.8. The minimum Gasteiger partial charge on any atom is -0.505 e. The summed E-state index contributed by atoms with van der Waals surface area (Å²) in [5.41, 5.74) is -1.71. The minimum atomic E-state index is -1.63. The molecule has 0 saturated heterocycles. The van der Waals surface area contributed by atoms with E-state index in [9.17, 15) is 33.4 Å². The van der Waals surface area contributed by atoms with Crippen molar-refractivity contribution in [2.75, 3.05) is 0 Å². The Labute approximate surface area is 186 Å². The summed E-state index contributed by atoms with van der Waals surface area (Å²) in [5, 5.41) is 21.3. The van der Waals surface area contributed by atoms with Crippen LogP contribution in [0.5, 0.6) is 5.75 Å². The number of halogens is 3. The van der Waals surface area contributed by atoms with Crippen LogP contribution in [0.25, 0.3) is 10.9 Å². The van der Waals surface area contributed by atoms with E-state index in [2.05, 4.69) is 5.32 Å². The molecule has 0 aliphatic rings. The fourth-order valence-electron chi connectivity index (χ4n) is 3.63. The van der Waals surface area contributed by atoms with Crippen molar-refractivity contribution in [2.45, 2.75) is 39.2 Å². The molecule has 7 nitrogen and oxygen atoms in total. The first-order valence-electron chi connectivity index (χ1n) is 9.85. The van der Waals surface area contributed by atoms with Gasteiger partial charge in [-0.3, -0.25) is 14.2 Å². The lowest BCUT2D eigenvalue weighted by atomic mass is 9.95. The zero-order valence-electron chi connectivity index (χ0n) is 18.2. The Kier molecular flexibility index (Phi) is 5.97. The lowest BCUT2D eigenvalue weighted by molar-refractivity contribution is -0.146. The van der Waals surface area contributed by atoms with Gasteiger partial charge in [-0.25, -0.2) is 18.0 Å². The normalized spacial score (nSPS) is 12.6. The van der Waals surface area contributed by atoms with Crippen molar-refractivity contribution in [1.82, 2.24) is 9.88 Å². The number of phenolic OH excluding ortho intramolecular Hbond substituents is 1. The maximum absolute atomic E-state index is 15.0. The molecule has 0 saturated carbocycles. The highest BCUT2D eigenvalue weighted by Crippen LogP contribution is 2.37. The summed E-state index contributed by atoms with van der Waals surface area (Å²) in [6.45, 7) is 5.37. The highest BCUT2D eigenvalue weighted by molar-refractivity contribution is 6.06. The molecule has 0 spiro atoms. The van der Waals surface area contributed by atoms with Crippen LogP contribution in [-0.4, -0.2) is 38.1 Å². The number of amides is 1. The molecule has 1 aromatic heterocycles. The van der Waals surface area contributed by atoms with Crippen molar-refractivity contribution in [3.63, 3.8) is 0 Å². The molecule has 0 fully saturated rings. The van der Waals surface area contributed by atoms with Crippen molar-refractivity contribution < 1.29 is 37.8 Å². The average Bonchev–Trinajstić information content (AvgIpc) is 3.03. The number of benzene rings is 2. The number of hydrogen-bond acceptors (Lipinski definition) is 4. The van der Waals surface area contributed by atoms with Gasteiger partial charge in [-0.2, -0.15) is 0 Å². The SMILES string of the molecule is Cc1c([C@@H](C)C(=O)NC(C)(C)C(=O)O)c2c(F)c(O)ccc2n1C(=O)c1ccc(F)c(F)c1. The van der Waals surface area contributed by atoms with Gasteiger partial charge in [0.1, 0.15) is 5.54 Å². The monoisotopic (exact) mass is 462 g/mol. The van der Waals surface area contributed by atoms with Crippen LogP contribution in [0.2, 0.25) is 0 Å². The first-order valence-corrected chi connectivity index (χ1v) is 9.85. The molecule has 0 aliphatic carbocycles. The smallest absolute Gasteiger partial charge is 0.328 e. The topological polar surface area (TPSA) is 109 Å². The summed E-state index contributed by atoms with van der Waals surface area (Å²) in [5.74, 6) is -8.20. The van der Waals surface area contributed by atoms with Crippen molar-refractivity contribution in [1.29, 1.82) is 0 Å². The second kappa shape index (κ2) is 8.27. The van der Waals surface area contributed by atoms with E-state index in [0.717, 1.165) is 22.8 Å². The number of carboxylic acids is 1. The fourth-order valence-corrected chi connectivity index (χ4v) is 3.63. The average molecular weight is 462 g/mol. The Morgan fingerprint density at radius 2 is 1.70 bits per heavy atom. The second-order valence-electron chi connectivity index (χ2n) is 8.20. The number of nitrogens with one attached hydrogen (secondary N) is 1. The van der Waals surface area contributed by atoms with Crippen LogP contribution in [0, 0.1) is 24.4 Å². The number of aromatic hydroxyl groups is 1. The largest absolute Gasteiger partial charge is 0.505 e. The van der Waals surface area contributed by atoms with Gasteiger partial charge in [-0.1, -0.05) is 0 Å². The molecule has 1 amide bonds. The second-order valence-corrected chi connectivity index (χ2v) is 8.20. The van der Waals surface area contributed by atoms with Crippen LogP contribution >= 0.6 is 0 Å². The van der Waals surface area contributed by atoms with E-state index in [0.29, 0.717) is 6.07 Å². The number of carbonyl (C=O) groups excluding carboxylic acids is 2. The Bertz CT molecular complexity index is 1310. The molecule has 0 unspecified atom stereocenters. The molecule has 2 aromatic carbocycles. The molecule has 33 heavy (non-hydrogen) atoms. The van der Waals surface area contributed by atoms with E-state index in [1.54, 1.807) is 0 Å². The lowest BCUT2D eigenvalue weighted by Gasteiger charge is -2.23. The van der Waals surface area contributed by atoms with E-state index in [4.69, 9.17) is 0 Å². The van der Waals surface area contributed by atoms with Gasteiger partial charge in [-0.15, -0.1) is 0 Å². The Morgan fingerprint density at radius 1 is 1.06 bits per heavy atom. The number of phenols is 1. The third-order valence-corrected chi connectivity index (χ3v) is 5.50. The summed E-state index contributed by atoms with van der Waals surface area (Å²) in [7, 11) is 0. The minimum absolute atomic E-state index is 0.00956. The highest BCUT2D eigenvalue weighted by atomic mass is 19.2. The molecular formula is C23H21F3N2O5. The number of aromatic nitrogens is 1. The summed E-state index contributed by atoms with van der Waals surface area (Å²) >= 11 is 0. The van der Waals surface area contributed by atoms with Gasteiger partial charge in [0.25, 0.3) is 5.91 Å². The third-order valence-electron chi connectivity index (χ3n) is 5.50. The third kappa shape index (κ3) is 4.04. The Morgan fingerprint density at radius 3 is 2.27 bits per heavy atom. The summed E-state index contributed by atoms with van der Waals surface area (Å²) in [6.07, 6.45) is 0. The van der Waals surface area contributed by atoms with Crippen LogP contribution in [0.15, 0.2) is 30.3 Å². The van der Waals surface area contributed by atoms with Crippen LogP contribution in [-0.2, 0) is 9.59 Å². The maximum atomic E-state index is 15.0.